The fourth-order valence-electron chi connectivity index (χ4n) is 4.81. The molecule has 0 radical (unpaired) electrons. The molecule has 2 aromatic carbocycles. The number of carbonyl (C=O) groups excluding carboxylic acids is 1. The van der Waals surface area contributed by atoms with Crippen molar-refractivity contribution < 1.29 is 14.6 Å². The van der Waals surface area contributed by atoms with Gasteiger partial charge >= 0.3 is 5.97 Å². The van der Waals surface area contributed by atoms with E-state index in [4.69, 9.17) is 4.74 Å². The molecular formula is C26H36ClNO3. The third-order valence-corrected chi connectivity index (χ3v) is 6.11. The van der Waals surface area contributed by atoms with Crippen LogP contribution in [0.3, 0.4) is 0 Å². The highest BCUT2D eigenvalue weighted by atomic mass is 35.5. The van der Waals surface area contributed by atoms with Crippen LogP contribution in [0, 0.1) is 5.92 Å². The first-order chi connectivity index (χ1) is 14.3. The van der Waals surface area contributed by atoms with Crippen molar-refractivity contribution >= 4 is 18.4 Å². The first-order valence-corrected chi connectivity index (χ1v) is 11.1. The standard InChI is InChI=1S/C26H35NO3.ClH/c1-6-26(22-10-8-7-9-11-22,27(18(2)3)19(4)5)23-16-20(17-28)12-15-24(23)30-25(29)21-13-14-21;/h7-12,15-16,18-19,21,28H,6,13-14,17H2,1-5H3;1H/t26-;/m1./s1. The van der Waals surface area contributed by atoms with Gasteiger partial charge in [-0.15, -0.1) is 12.4 Å². The number of hydrogen-bond donors (Lipinski definition) is 1. The number of aliphatic hydroxyl groups excluding tert-OH is 1. The summed E-state index contributed by atoms with van der Waals surface area (Å²) < 4.78 is 5.96. The van der Waals surface area contributed by atoms with E-state index < -0.39 is 5.54 Å². The number of benzene rings is 2. The van der Waals surface area contributed by atoms with E-state index in [9.17, 15) is 9.90 Å². The summed E-state index contributed by atoms with van der Waals surface area (Å²) >= 11 is 0. The molecule has 3 rings (SSSR count). The zero-order valence-corrected chi connectivity index (χ0v) is 20.1. The Hall–Kier alpha value is -1.88. The average Bonchev–Trinajstić information content (AvgIpc) is 3.58. The Morgan fingerprint density at radius 1 is 1.10 bits per heavy atom. The second-order valence-corrected chi connectivity index (χ2v) is 8.86. The zero-order chi connectivity index (χ0) is 21.9. The molecule has 1 aliphatic carbocycles. The summed E-state index contributed by atoms with van der Waals surface area (Å²) in [5.41, 5.74) is 2.43. The molecule has 4 nitrogen and oxygen atoms in total. The number of rotatable bonds is 9. The van der Waals surface area contributed by atoms with Crippen LogP contribution in [0.25, 0.3) is 0 Å². The molecule has 0 bridgehead atoms. The van der Waals surface area contributed by atoms with Crippen LogP contribution in [-0.2, 0) is 16.9 Å². The van der Waals surface area contributed by atoms with Crippen LogP contribution < -0.4 is 4.74 Å². The molecule has 0 heterocycles. The number of ether oxygens (including phenoxy) is 1. The average molecular weight is 446 g/mol. The Labute approximate surface area is 193 Å². The summed E-state index contributed by atoms with van der Waals surface area (Å²) in [5.74, 6) is 0.474. The fraction of sp³-hybridized carbons (Fsp3) is 0.500. The van der Waals surface area contributed by atoms with Gasteiger partial charge in [0.25, 0.3) is 0 Å². The number of halogens is 1. The molecule has 5 heteroatoms. The molecule has 0 aromatic heterocycles. The van der Waals surface area contributed by atoms with Crippen LogP contribution in [0.15, 0.2) is 48.5 Å². The van der Waals surface area contributed by atoms with Gasteiger partial charge in [-0.3, -0.25) is 9.69 Å². The summed E-state index contributed by atoms with van der Waals surface area (Å²) in [6.07, 6.45) is 2.62. The van der Waals surface area contributed by atoms with Gasteiger partial charge in [-0.2, -0.15) is 0 Å². The summed E-state index contributed by atoms with van der Waals surface area (Å²) in [6.45, 7) is 11.0. The third-order valence-electron chi connectivity index (χ3n) is 6.11. The Balaban J connectivity index is 0.00000341. The lowest BCUT2D eigenvalue weighted by molar-refractivity contribution is -0.135. The molecule has 0 saturated heterocycles. The van der Waals surface area contributed by atoms with Crippen molar-refractivity contribution in [3.05, 3.63) is 65.2 Å². The molecule has 31 heavy (non-hydrogen) atoms. The van der Waals surface area contributed by atoms with Crippen molar-refractivity contribution in [3.63, 3.8) is 0 Å². The number of carbonyl (C=O) groups is 1. The molecule has 1 saturated carbocycles. The minimum atomic E-state index is -0.492. The van der Waals surface area contributed by atoms with Crippen LogP contribution in [0.1, 0.15) is 70.6 Å². The Morgan fingerprint density at radius 3 is 2.19 bits per heavy atom. The van der Waals surface area contributed by atoms with Crippen LogP contribution in [-0.4, -0.2) is 28.1 Å². The van der Waals surface area contributed by atoms with E-state index in [2.05, 4.69) is 63.8 Å². The highest BCUT2D eigenvalue weighted by Crippen LogP contribution is 2.46. The van der Waals surface area contributed by atoms with Gasteiger partial charge in [0.2, 0.25) is 0 Å². The van der Waals surface area contributed by atoms with Crippen molar-refractivity contribution in [1.82, 2.24) is 4.90 Å². The van der Waals surface area contributed by atoms with Gasteiger partial charge in [-0.25, -0.2) is 0 Å². The van der Waals surface area contributed by atoms with Crippen molar-refractivity contribution in [2.24, 2.45) is 5.92 Å². The number of hydrogen-bond acceptors (Lipinski definition) is 4. The summed E-state index contributed by atoms with van der Waals surface area (Å²) in [5, 5.41) is 9.88. The maximum Gasteiger partial charge on any atom is 0.314 e. The number of esters is 1. The predicted molar refractivity (Wildman–Crippen MR) is 128 cm³/mol. The molecule has 0 amide bonds. The molecule has 0 spiro atoms. The molecule has 1 fully saturated rings. The monoisotopic (exact) mass is 445 g/mol. The first-order valence-electron chi connectivity index (χ1n) is 11.1. The lowest BCUT2D eigenvalue weighted by atomic mass is 9.76. The molecule has 170 valence electrons. The van der Waals surface area contributed by atoms with E-state index in [-0.39, 0.29) is 43.0 Å². The zero-order valence-electron chi connectivity index (χ0n) is 19.3. The smallest absolute Gasteiger partial charge is 0.314 e. The van der Waals surface area contributed by atoms with Gasteiger partial charge < -0.3 is 9.84 Å². The van der Waals surface area contributed by atoms with E-state index in [1.807, 2.05) is 24.3 Å². The van der Waals surface area contributed by atoms with Gasteiger partial charge in [0.05, 0.1) is 18.1 Å². The van der Waals surface area contributed by atoms with E-state index in [1.54, 1.807) is 0 Å². The summed E-state index contributed by atoms with van der Waals surface area (Å²) in [6, 6.07) is 16.7. The lowest BCUT2D eigenvalue weighted by Gasteiger charge is -2.49. The van der Waals surface area contributed by atoms with Crippen molar-refractivity contribution in [2.45, 2.75) is 78.1 Å². The Bertz CT molecular complexity index is 856. The van der Waals surface area contributed by atoms with Gasteiger partial charge in [0, 0.05) is 17.6 Å². The largest absolute Gasteiger partial charge is 0.426 e. The number of nitrogens with zero attached hydrogens (tertiary/aromatic N) is 1. The maximum atomic E-state index is 12.6. The van der Waals surface area contributed by atoms with Crippen LogP contribution >= 0.6 is 12.4 Å². The van der Waals surface area contributed by atoms with E-state index in [1.165, 1.54) is 0 Å². The van der Waals surface area contributed by atoms with E-state index in [0.29, 0.717) is 5.75 Å². The van der Waals surface area contributed by atoms with Crippen LogP contribution in [0.2, 0.25) is 0 Å². The Morgan fingerprint density at radius 2 is 1.71 bits per heavy atom. The van der Waals surface area contributed by atoms with Crippen molar-refractivity contribution in [3.8, 4) is 5.75 Å². The second-order valence-electron chi connectivity index (χ2n) is 8.86. The van der Waals surface area contributed by atoms with Gasteiger partial charge in [-0.05, 0) is 70.2 Å². The molecular weight excluding hydrogens is 410 g/mol. The summed E-state index contributed by atoms with van der Waals surface area (Å²) in [4.78, 5) is 15.1. The van der Waals surface area contributed by atoms with E-state index >= 15 is 0 Å². The minimum Gasteiger partial charge on any atom is -0.426 e. The Kier molecular flexibility index (Phi) is 8.70. The predicted octanol–water partition coefficient (Wildman–Crippen LogP) is 5.69. The molecule has 0 aliphatic heterocycles. The molecule has 2 aromatic rings. The maximum absolute atomic E-state index is 12.6. The topological polar surface area (TPSA) is 49.8 Å². The lowest BCUT2D eigenvalue weighted by Crippen LogP contribution is -2.53. The quantitative estimate of drug-likeness (QED) is 0.398. The van der Waals surface area contributed by atoms with Crippen molar-refractivity contribution in [1.29, 1.82) is 0 Å². The second kappa shape index (κ2) is 10.6. The highest BCUT2D eigenvalue weighted by molar-refractivity contribution is 5.85. The summed E-state index contributed by atoms with van der Waals surface area (Å²) in [7, 11) is 0. The SMILES string of the molecule is CC[C@@](c1ccccc1)(c1cc(CO)ccc1OC(=O)C1CC1)N(C(C)C)C(C)C.Cl. The minimum absolute atomic E-state index is 0. The molecule has 0 unspecified atom stereocenters. The third kappa shape index (κ3) is 5.14. The molecule has 1 N–H and O–H groups in total. The first kappa shape index (κ1) is 25.4. The normalized spacial score (nSPS) is 15.6. The van der Waals surface area contributed by atoms with Crippen molar-refractivity contribution in [2.75, 3.05) is 0 Å². The fourth-order valence-corrected chi connectivity index (χ4v) is 4.81. The molecule has 1 atom stereocenters. The van der Waals surface area contributed by atoms with Crippen LogP contribution in [0.4, 0.5) is 0 Å². The van der Waals surface area contributed by atoms with Crippen LogP contribution in [0.5, 0.6) is 5.75 Å². The van der Waals surface area contributed by atoms with Gasteiger partial charge in [0.15, 0.2) is 0 Å². The number of aliphatic hydroxyl groups is 1. The van der Waals surface area contributed by atoms with E-state index in [0.717, 1.165) is 36.0 Å². The van der Waals surface area contributed by atoms with Gasteiger partial charge in [-0.1, -0.05) is 43.3 Å². The molecule has 1 aliphatic rings. The van der Waals surface area contributed by atoms with Gasteiger partial charge in [0.1, 0.15) is 5.75 Å². The highest BCUT2D eigenvalue weighted by Gasteiger charge is 2.44.